The number of rotatable bonds is 0. The van der Waals surface area contributed by atoms with Crippen LogP contribution in [0.25, 0.3) is 0 Å². The maximum atomic E-state index is 2.00. The van der Waals surface area contributed by atoms with Gasteiger partial charge in [0.15, 0.2) is 0 Å². The van der Waals surface area contributed by atoms with Crippen LogP contribution in [-0.4, -0.2) is 0 Å². The molecule has 0 amide bonds. The zero-order chi connectivity index (χ0) is 8.12. The van der Waals surface area contributed by atoms with Crippen LogP contribution in [0.5, 0.6) is 0 Å². The molecule has 0 N–H and O–H groups in total. The second-order valence-electron chi connectivity index (χ2n) is 1.73. The molecule has 0 radical (unpaired) electrons. The van der Waals surface area contributed by atoms with Crippen LogP contribution in [0.4, 0.5) is 0 Å². The van der Waals surface area contributed by atoms with Gasteiger partial charge in [0, 0.05) is 20.4 Å². The van der Waals surface area contributed by atoms with Gasteiger partial charge in [0.2, 0.25) is 0 Å². The van der Waals surface area contributed by atoms with Crippen molar-refractivity contribution in [1.82, 2.24) is 0 Å². The van der Waals surface area contributed by atoms with Crippen LogP contribution in [-0.2, 0) is 20.4 Å². The monoisotopic (exact) mass is 349 g/mol. The Labute approximate surface area is 108 Å². The molecule has 3 heteroatoms. The summed E-state index contributed by atoms with van der Waals surface area (Å²) in [6.45, 7) is 12.0. The molecule has 0 bridgehead atoms. The van der Waals surface area contributed by atoms with E-state index in [0.29, 0.717) is 0 Å². The van der Waals surface area contributed by atoms with Crippen molar-refractivity contribution < 1.29 is 20.4 Å². The van der Waals surface area contributed by atoms with Gasteiger partial charge in [-0.1, -0.05) is 0 Å². The molecule has 0 nitrogen and oxygen atoms in total. The van der Waals surface area contributed by atoms with Crippen LogP contribution >= 0.6 is 26.9 Å². The molecule has 0 aromatic carbocycles. The standard InChI is InChI=1S/3C3H7.BrH.H3P.Pd/c3*1-3-2;;;/h3*3H,1-2H3;1H;1H3;/q3*-1;;;. The molecule has 1 atom stereocenters. The Bertz CT molecular complexity index is 19.2. The summed E-state index contributed by atoms with van der Waals surface area (Å²) in [5, 5.41) is 0. The first-order valence-electron chi connectivity index (χ1n) is 3.46. The summed E-state index contributed by atoms with van der Waals surface area (Å²) in [6, 6.07) is 0. The quantitative estimate of drug-likeness (QED) is 0.347. The Morgan fingerprint density at radius 1 is 0.583 bits per heavy atom. The normalized spacial score (nSPS) is 4.50. The third-order valence-corrected chi connectivity index (χ3v) is 0. The third kappa shape index (κ3) is 523. The molecule has 0 spiro atoms. The molecule has 12 heavy (non-hydrogen) atoms. The Morgan fingerprint density at radius 2 is 0.583 bits per heavy atom. The average molecular weight is 351 g/mol. The van der Waals surface area contributed by atoms with Gasteiger partial charge in [-0.2, -0.15) is 51.4 Å². The van der Waals surface area contributed by atoms with Gasteiger partial charge in [0.25, 0.3) is 0 Å². The summed E-state index contributed by atoms with van der Waals surface area (Å²) in [6.07, 6.45) is 6.00. The summed E-state index contributed by atoms with van der Waals surface area (Å²) >= 11 is 0. The van der Waals surface area contributed by atoms with Crippen molar-refractivity contribution >= 4 is 26.9 Å². The van der Waals surface area contributed by atoms with Gasteiger partial charge in [-0.3, -0.25) is 0 Å². The molecule has 0 rings (SSSR count). The van der Waals surface area contributed by atoms with E-state index < -0.39 is 0 Å². The summed E-state index contributed by atoms with van der Waals surface area (Å²) in [4.78, 5) is 0. The largest absolute Gasteiger partial charge is 0.335 e. The minimum atomic E-state index is 0. The van der Waals surface area contributed by atoms with Gasteiger partial charge >= 0.3 is 0 Å². The molecule has 86 valence electrons. The second kappa shape index (κ2) is 80.5. The molecule has 0 heterocycles. The van der Waals surface area contributed by atoms with Crippen molar-refractivity contribution in [1.29, 1.82) is 0 Å². The molecule has 0 aliphatic heterocycles. The van der Waals surface area contributed by atoms with Gasteiger partial charge in [-0.25, -0.2) is 0 Å². The van der Waals surface area contributed by atoms with Crippen molar-refractivity contribution in [2.45, 2.75) is 41.5 Å². The smallest absolute Gasteiger partial charge is 0 e. The fourth-order valence-electron chi connectivity index (χ4n) is 0. The van der Waals surface area contributed by atoms with E-state index in [1.54, 1.807) is 0 Å². The van der Waals surface area contributed by atoms with Gasteiger partial charge in [0.1, 0.15) is 0 Å². The molecular weight excluding hydrogens is 325 g/mol. The van der Waals surface area contributed by atoms with Crippen LogP contribution in [0.3, 0.4) is 0 Å². The van der Waals surface area contributed by atoms with E-state index in [4.69, 9.17) is 0 Å². The zero-order valence-corrected chi connectivity index (χ0v) is 13.8. The minimum Gasteiger partial charge on any atom is -0.335 e. The zero-order valence-electron chi connectivity index (χ0n) is 9.16. The van der Waals surface area contributed by atoms with Gasteiger partial charge in [0.05, 0.1) is 0 Å². The van der Waals surface area contributed by atoms with Crippen molar-refractivity contribution in [2.24, 2.45) is 0 Å². The van der Waals surface area contributed by atoms with E-state index >= 15 is 0 Å². The fraction of sp³-hybridized carbons (Fsp3) is 0.667. The average Bonchev–Trinajstić information content (AvgIpc) is 1.70. The number of halogens is 1. The van der Waals surface area contributed by atoms with Crippen molar-refractivity contribution in [3.05, 3.63) is 19.3 Å². The van der Waals surface area contributed by atoms with E-state index in [9.17, 15) is 0 Å². The maximum absolute atomic E-state index is 2.00. The Morgan fingerprint density at radius 3 is 0.583 bits per heavy atom. The van der Waals surface area contributed by atoms with E-state index in [-0.39, 0.29) is 47.3 Å². The van der Waals surface area contributed by atoms with Crippen LogP contribution in [0.2, 0.25) is 0 Å². The molecular formula is C9H25BrPPd-3. The fourth-order valence-corrected chi connectivity index (χ4v) is 0. The van der Waals surface area contributed by atoms with Crippen molar-refractivity contribution in [3.63, 3.8) is 0 Å². The number of hydrogen-bond donors (Lipinski definition) is 0. The van der Waals surface area contributed by atoms with E-state index in [2.05, 4.69) is 0 Å². The molecule has 0 aliphatic rings. The Hall–Kier alpha value is 1.57. The van der Waals surface area contributed by atoms with E-state index in [1.807, 2.05) is 60.8 Å². The summed E-state index contributed by atoms with van der Waals surface area (Å²) in [5.74, 6) is 0. The van der Waals surface area contributed by atoms with Crippen LogP contribution in [0.1, 0.15) is 41.5 Å². The molecule has 0 aromatic heterocycles. The predicted octanol–water partition coefficient (Wildman–Crippen LogP) is 4.32. The summed E-state index contributed by atoms with van der Waals surface area (Å²) in [5.41, 5.74) is 0. The van der Waals surface area contributed by atoms with Crippen LogP contribution in [0.15, 0.2) is 0 Å². The molecule has 0 saturated heterocycles. The van der Waals surface area contributed by atoms with Crippen molar-refractivity contribution in [2.75, 3.05) is 0 Å². The number of hydrogen-bond acceptors (Lipinski definition) is 0. The molecule has 1 unspecified atom stereocenters. The summed E-state index contributed by atoms with van der Waals surface area (Å²) in [7, 11) is 0. The van der Waals surface area contributed by atoms with Gasteiger partial charge in [-0.05, 0) is 0 Å². The topological polar surface area (TPSA) is 0 Å². The van der Waals surface area contributed by atoms with Crippen LogP contribution in [0, 0.1) is 19.3 Å². The maximum Gasteiger partial charge on any atom is 0 e. The van der Waals surface area contributed by atoms with Gasteiger partial charge in [-0.15, -0.1) is 17.0 Å². The molecule has 0 saturated carbocycles. The van der Waals surface area contributed by atoms with E-state index in [1.165, 1.54) is 0 Å². The third-order valence-electron chi connectivity index (χ3n) is 0. The molecule has 0 fully saturated rings. The van der Waals surface area contributed by atoms with E-state index in [0.717, 1.165) is 0 Å². The molecule has 0 aromatic rings. The first-order valence-corrected chi connectivity index (χ1v) is 3.46. The first-order chi connectivity index (χ1) is 4.24. The van der Waals surface area contributed by atoms with Gasteiger partial charge < -0.3 is 19.3 Å². The first kappa shape index (κ1) is 37.4. The van der Waals surface area contributed by atoms with Crippen LogP contribution < -0.4 is 0 Å². The Kier molecular flexibility index (Phi) is 251. The molecule has 0 aliphatic carbocycles. The Balaban J connectivity index is -0.00000001000. The summed E-state index contributed by atoms with van der Waals surface area (Å²) < 4.78 is 0. The van der Waals surface area contributed by atoms with Crippen molar-refractivity contribution in [3.8, 4) is 0 Å². The predicted molar refractivity (Wildman–Crippen MR) is 68.4 cm³/mol. The SMILES string of the molecule is Br.C[CH-]C.C[CH-]C.C[CH-]C.P.[Pd]. The second-order valence-corrected chi connectivity index (χ2v) is 1.73. The minimum absolute atomic E-state index is 0.